The summed E-state index contributed by atoms with van der Waals surface area (Å²) < 4.78 is 3.02. The second kappa shape index (κ2) is 7.39. The first-order valence-corrected chi connectivity index (χ1v) is 10.9. The molecule has 27 heavy (non-hydrogen) atoms. The third kappa shape index (κ3) is 3.69. The van der Waals surface area contributed by atoms with E-state index in [1.54, 1.807) is 0 Å². The Labute approximate surface area is 170 Å². The van der Waals surface area contributed by atoms with Crippen LogP contribution >= 0.6 is 27.7 Å². The van der Waals surface area contributed by atoms with E-state index in [4.69, 9.17) is 0 Å². The van der Waals surface area contributed by atoms with Crippen molar-refractivity contribution in [2.24, 2.45) is 18.9 Å². The van der Waals surface area contributed by atoms with Gasteiger partial charge in [-0.3, -0.25) is 4.79 Å². The molecule has 4 rings (SSSR count). The standard InChI is InChI=1S/C19H22BrN5OS/c1-11-6-12(2)9-25(8-11)16(26)10-27-19-21-18-17(22-23-19)14-7-13(20)4-5-15(14)24(18)3/h4-5,7,11-12H,6,8-10H2,1-3H3/t11-,12+. The summed E-state index contributed by atoms with van der Waals surface area (Å²) >= 11 is 4.87. The van der Waals surface area contributed by atoms with Crippen molar-refractivity contribution < 1.29 is 4.79 Å². The molecule has 2 aromatic heterocycles. The quantitative estimate of drug-likeness (QED) is 0.570. The highest BCUT2D eigenvalue weighted by Gasteiger charge is 2.25. The summed E-state index contributed by atoms with van der Waals surface area (Å²) in [6.45, 7) is 6.12. The van der Waals surface area contributed by atoms with Gasteiger partial charge in [-0.1, -0.05) is 41.5 Å². The lowest BCUT2D eigenvalue weighted by Crippen LogP contribution is -2.43. The van der Waals surface area contributed by atoms with Crippen LogP contribution in [0, 0.1) is 11.8 Å². The van der Waals surface area contributed by atoms with Crippen molar-refractivity contribution in [3.8, 4) is 0 Å². The number of carbonyl (C=O) groups is 1. The highest BCUT2D eigenvalue weighted by Crippen LogP contribution is 2.29. The summed E-state index contributed by atoms with van der Waals surface area (Å²) in [7, 11) is 1.98. The van der Waals surface area contributed by atoms with Gasteiger partial charge in [-0.05, 0) is 36.5 Å². The van der Waals surface area contributed by atoms with Gasteiger partial charge < -0.3 is 9.47 Å². The van der Waals surface area contributed by atoms with E-state index in [1.165, 1.54) is 18.2 Å². The summed E-state index contributed by atoms with van der Waals surface area (Å²) in [6.07, 6.45) is 1.19. The third-order valence-electron chi connectivity index (χ3n) is 5.09. The van der Waals surface area contributed by atoms with E-state index in [2.05, 4.69) is 45.0 Å². The van der Waals surface area contributed by atoms with Gasteiger partial charge in [-0.2, -0.15) is 0 Å². The molecule has 0 N–H and O–H groups in total. The van der Waals surface area contributed by atoms with Crippen LogP contribution in [-0.2, 0) is 11.8 Å². The average Bonchev–Trinajstić information content (AvgIpc) is 2.90. The highest BCUT2D eigenvalue weighted by molar-refractivity contribution is 9.10. The Morgan fingerprint density at radius 3 is 2.74 bits per heavy atom. The van der Waals surface area contributed by atoms with Gasteiger partial charge in [0.05, 0.1) is 11.3 Å². The Morgan fingerprint density at radius 1 is 1.26 bits per heavy atom. The number of amides is 1. The van der Waals surface area contributed by atoms with E-state index < -0.39 is 0 Å². The zero-order valence-electron chi connectivity index (χ0n) is 15.6. The van der Waals surface area contributed by atoms with Crippen molar-refractivity contribution in [2.75, 3.05) is 18.8 Å². The summed E-state index contributed by atoms with van der Waals surface area (Å²) in [6, 6.07) is 6.07. The van der Waals surface area contributed by atoms with Crippen LogP contribution in [0.1, 0.15) is 20.3 Å². The maximum Gasteiger partial charge on any atom is 0.233 e. The number of carbonyl (C=O) groups excluding carboxylic acids is 1. The molecule has 2 atom stereocenters. The number of thioether (sulfide) groups is 1. The number of halogens is 1. The van der Waals surface area contributed by atoms with Gasteiger partial charge in [0.25, 0.3) is 0 Å². The number of fused-ring (bicyclic) bond motifs is 3. The van der Waals surface area contributed by atoms with Crippen LogP contribution in [0.15, 0.2) is 27.8 Å². The molecule has 1 amide bonds. The molecule has 0 unspecified atom stereocenters. The molecule has 0 aliphatic carbocycles. The van der Waals surface area contributed by atoms with Gasteiger partial charge in [0, 0.05) is 30.0 Å². The van der Waals surface area contributed by atoms with Crippen LogP contribution in [0.25, 0.3) is 22.1 Å². The summed E-state index contributed by atoms with van der Waals surface area (Å²) in [5.74, 6) is 1.63. The van der Waals surface area contributed by atoms with Crippen LogP contribution in [0.4, 0.5) is 0 Å². The molecule has 0 bridgehead atoms. The molecule has 1 aliphatic rings. The van der Waals surface area contributed by atoms with Crippen LogP contribution < -0.4 is 0 Å². The first-order valence-electron chi connectivity index (χ1n) is 9.11. The smallest absolute Gasteiger partial charge is 0.233 e. The van der Waals surface area contributed by atoms with Crippen molar-refractivity contribution in [3.63, 3.8) is 0 Å². The number of benzene rings is 1. The topological polar surface area (TPSA) is 63.9 Å². The lowest BCUT2D eigenvalue weighted by molar-refractivity contribution is -0.130. The Bertz CT molecular complexity index is 1010. The fourth-order valence-electron chi connectivity index (χ4n) is 3.96. The zero-order valence-corrected chi connectivity index (χ0v) is 18.0. The van der Waals surface area contributed by atoms with E-state index >= 15 is 0 Å². The van der Waals surface area contributed by atoms with E-state index in [0.29, 0.717) is 22.7 Å². The number of rotatable bonds is 3. The lowest BCUT2D eigenvalue weighted by Gasteiger charge is -2.34. The van der Waals surface area contributed by atoms with E-state index in [-0.39, 0.29) is 5.91 Å². The fraction of sp³-hybridized carbons (Fsp3) is 0.474. The maximum atomic E-state index is 12.6. The minimum Gasteiger partial charge on any atom is -0.341 e. The van der Waals surface area contributed by atoms with Crippen molar-refractivity contribution in [1.29, 1.82) is 0 Å². The predicted octanol–water partition coefficient (Wildman–Crippen LogP) is 3.88. The molecule has 1 saturated heterocycles. The van der Waals surface area contributed by atoms with Crippen molar-refractivity contribution >= 4 is 55.7 Å². The SMILES string of the molecule is C[C@@H]1C[C@H](C)CN(C(=O)CSc2nnc3c4cc(Br)ccc4n(C)c3n2)C1. The highest BCUT2D eigenvalue weighted by atomic mass is 79.9. The number of nitrogens with zero attached hydrogens (tertiary/aromatic N) is 5. The molecule has 142 valence electrons. The zero-order chi connectivity index (χ0) is 19.1. The summed E-state index contributed by atoms with van der Waals surface area (Å²) in [5.41, 5.74) is 2.63. The Morgan fingerprint density at radius 2 is 2.00 bits per heavy atom. The normalized spacial score (nSPS) is 20.5. The van der Waals surface area contributed by atoms with Crippen LogP contribution in [0.5, 0.6) is 0 Å². The Hall–Kier alpha value is -1.67. The Kier molecular flexibility index (Phi) is 5.11. The number of piperidine rings is 1. The molecule has 8 heteroatoms. The van der Waals surface area contributed by atoms with E-state index in [1.807, 2.05) is 34.7 Å². The summed E-state index contributed by atoms with van der Waals surface area (Å²) in [5, 5.41) is 10.2. The lowest BCUT2D eigenvalue weighted by atomic mass is 9.92. The van der Waals surface area contributed by atoms with E-state index in [0.717, 1.165) is 39.6 Å². The number of hydrogen-bond donors (Lipinski definition) is 0. The molecule has 3 aromatic rings. The largest absolute Gasteiger partial charge is 0.341 e. The number of likely N-dealkylation sites (tertiary alicyclic amines) is 1. The monoisotopic (exact) mass is 447 g/mol. The average molecular weight is 448 g/mol. The molecule has 0 radical (unpaired) electrons. The second-order valence-electron chi connectivity index (χ2n) is 7.52. The van der Waals surface area contributed by atoms with Gasteiger partial charge in [0.15, 0.2) is 5.65 Å². The molecule has 1 aromatic carbocycles. The van der Waals surface area contributed by atoms with Gasteiger partial charge in [-0.15, -0.1) is 10.2 Å². The maximum absolute atomic E-state index is 12.6. The minimum absolute atomic E-state index is 0.156. The van der Waals surface area contributed by atoms with Crippen molar-refractivity contribution in [1.82, 2.24) is 24.6 Å². The van der Waals surface area contributed by atoms with Gasteiger partial charge in [0.2, 0.25) is 11.1 Å². The minimum atomic E-state index is 0.156. The van der Waals surface area contributed by atoms with Crippen LogP contribution in [0.2, 0.25) is 0 Å². The molecular weight excluding hydrogens is 426 g/mol. The fourth-order valence-corrected chi connectivity index (χ4v) is 5.01. The first-order chi connectivity index (χ1) is 12.9. The number of aromatic nitrogens is 4. The van der Waals surface area contributed by atoms with Crippen LogP contribution in [-0.4, -0.2) is 49.4 Å². The molecule has 3 heterocycles. The predicted molar refractivity (Wildman–Crippen MR) is 112 cm³/mol. The molecular formula is C19H22BrN5OS. The Balaban J connectivity index is 1.53. The van der Waals surface area contributed by atoms with Crippen molar-refractivity contribution in [3.05, 3.63) is 22.7 Å². The number of hydrogen-bond acceptors (Lipinski definition) is 5. The van der Waals surface area contributed by atoms with Crippen molar-refractivity contribution in [2.45, 2.75) is 25.4 Å². The molecule has 0 saturated carbocycles. The molecule has 1 fully saturated rings. The van der Waals surface area contributed by atoms with E-state index in [9.17, 15) is 4.79 Å². The van der Waals surface area contributed by atoms with Gasteiger partial charge >= 0.3 is 0 Å². The van der Waals surface area contributed by atoms with Gasteiger partial charge in [-0.25, -0.2) is 4.98 Å². The first kappa shape index (κ1) is 18.7. The number of aryl methyl sites for hydroxylation is 1. The second-order valence-corrected chi connectivity index (χ2v) is 9.38. The molecule has 6 nitrogen and oxygen atoms in total. The molecule has 1 aliphatic heterocycles. The van der Waals surface area contributed by atoms with Crippen LogP contribution in [0.3, 0.4) is 0 Å². The third-order valence-corrected chi connectivity index (χ3v) is 6.40. The van der Waals surface area contributed by atoms with Gasteiger partial charge in [0.1, 0.15) is 5.52 Å². The molecule has 0 spiro atoms. The summed E-state index contributed by atoms with van der Waals surface area (Å²) in [4.78, 5) is 19.2.